The number of nitrogens with one attached hydrogen (secondary N) is 1. The first-order valence-electron chi connectivity index (χ1n) is 11.5. The van der Waals surface area contributed by atoms with Crippen LogP contribution >= 0.6 is 0 Å². The maximum atomic E-state index is 13.9. The highest BCUT2D eigenvalue weighted by molar-refractivity contribution is 5.94. The van der Waals surface area contributed by atoms with Gasteiger partial charge in [-0.15, -0.1) is 0 Å². The largest absolute Gasteiger partial charge is 0.349 e. The Morgan fingerprint density at radius 2 is 1.52 bits per heavy atom. The van der Waals surface area contributed by atoms with E-state index in [0.29, 0.717) is 32.4 Å². The van der Waals surface area contributed by atoms with E-state index < -0.39 is 28.9 Å². The minimum atomic E-state index is -1.64. The number of carbonyl (C=O) groups is 2. The highest BCUT2D eigenvalue weighted by atomic mass is 19.2. The molecule has 1 heterocycles. The molecule has 7 heteroatoms. The Hall–Kier alpha value is -2.05. The highest BCUT2D eigenvalue weighted by Gasteiger charge is 2.51. The minimum Gasteiger partial charge on any atom is -0.349 e. The van der Waals surface area contributed by atoms with E-state index in [4.69, 9.17) is 0 Å². The number of carbonyl (C=O) groups excluding carboxylic acids is 2. The molecular weight excluding hydrogens is 405 g/mol. The third kappa shape index (κ3) is 3.96. The zero-order chi connectivity index (χ0) is 21.8. The van der Waals surface area contributed by atoms with Gasteiger partial charge in [0.25, 0.3) is 5.91 Å². The summed E-state index contributed by atoms with van der Waals surface area (Å²) in [5.74, 6) is -2.52. The number of likely N-dealkylation sites (tertiary alicyclic amines) is 1. The lowest BCUT2D eigenvalue weighted by Crippen LogP contribution is -2.50. The zero-order valence-corrected chi connectivity index (χ0v) is 17.6. The van der Waals surface area contributed by atoms with Gasteiger partial charge in [-0.3, -0.25) is 9.59 Å². The van der Waals surface area contributed by atoms with Crippen LogP contribution in [-0.2, 0) is 4.79 Å². The van der Waals surface area contributed by atoms with Gasteiger partial charge in [0, 0.05) is 25.6 Å². The number of benzene rings is 1. The Morgan fingerprint density at radius 3 is 2.10 bits per heavy atom. The van der Waals surface area contributed by atoms with E-state index in [9.17, 15) is 22.8 Å². The molecule has 1 aromatic rings. The van der Waals surface area contributed by atoms with Crippen molar-refractivity contribution in [3.8, 4) is 0 Å². The van der Waals surface area contributed by atoms with Crippen LogP contribution in [0.1, 0.15) is 68.1 Å². The van der Waals surface area contributed by atoms with E-state index in [-0.39, 0.29) is 17.4 Å². The Morgan fingerprint density at radius 1 is 0.935 bits per heavy atom. The van der Waals surface area contributed by atoms with Crippen LogP contribution in [0.2, 0.25) is 0 Å². The van der Waals surface area contributed by atoms with E-state index in [1.54, 1.807) is 0 Å². The molecule has 31 heavy (non-hydrogen) atoms. The van der Waals surface area contributed by atoms with Crippen molar-refractivity contribution in [2.24, 2.45) is 23.2 Å². The second-order valence-electron chi connectivity index (χ2n) is 10.4. The highest BCUT2D eigenvalue weighted by Crippen LogP contribution is 2.61. The van der Waals surface area contributed by atoms with Gasteiger partial charge >= 0.3 is 0 Å². The monoisotopic (exact) mass is 434 g/mol. The van der Waals surface area contributed by atoms with Gasteiger partial charge in [0.1, 0.15) is 0 Å². The number of rotatable bonds is 4. The molecule has 4 bridgehead atoms. The van der Waals surface area contributed by atoms with Crippen molar-refractivity contribution in [3.63, 3.8) is 0 Å². The third-order valence-corrected chi connectivity index (χ3v) is 8.15. The smallest absolute Gasteiger partial charge is 0.254 e. The molecule has 1 aliphatic heterocycles. The maximum absolute atomic E-state index is 13.9. The molecule has 4 saturated carbocycles. The number of hydrogen-bond donors (Lipinski definition) is 1. The topological polar surface area (TPSA) is 49.4 Å². The van der Waals surface area contributed by atoms with Gasteiger partial charge < -0.3 is 10.2 Å². The van der Waals surface area contributed by atoms with E-state index in [1.807, 2.05) is 4.90 Å². The van der Waals surface area contributed by atoms with Crippen LogP contribution < -0.4 is 5.32 Å². The second kappa shape index (κ2) is 7.82. The van der Waals surface area contributed by atoms with E-state index in [0.717, 1.165) is 29.9 Å². The SMILES string of the molecule is O=C(NC1CCN(C(=O)CC23CC4CC(CC(C4)C2)C3)CC1)c1ccc(F)c(F)c1F. The molecule has 0 aromatic heterocycles. The molecule has 1 N–H and O–H groups in total. The summed E-state index contributed by atoms with van der Waals surface area (Å²) in [6.45, 7) is 1.10. The molecule has 1 aromatic carbocycles. The molecule has 5 fully saturated rings. The summed E-state index contributed by atoms with van der Waals surface area (Å²) in [5, 5.41) is 2.70. The Labute approximate surface area is 180 Å². The van der Waals surface area contributed by atoms with Crippen LogP contribution in [0.3, 0.4) is 0 Å². The average Bonchev–Trinajstić information content (AvgIpc) is 2.71. The van der Waals surface area contributed by atoms with Crippen molar-refractivity contribution in [1.29, 1.82) is 0 Å². The molecule has 0 unspecified atom stereocenters. The fourth-order valence-electron chi connectivity index (χ4n) is 7.18. The summed E-state index contributed by atoms with van der Waals surface area (Å²) in [4.78, 5) is 27.3. The van der Waals surface area contributed by atoms with Crippen LogP contribution in [0.5, 0.6) is 0 Å². The number of nitrogens with zero attached hydrogens (tertiary/aromatic N) is 1. The summed E-state index contributed by atoms with van der Waals surface area (Å²) in [5.41, 5.74) is -0.291. The van der Waals surface area contributed by atoms with Crippen molar-refractivity contribution >= 4 is 11.8 Å². The van der Waals surface area contributed by atoms with Crippen LogP contribution in [0.15, 0.2) is 12.1 Å². The van der Waals surface area contributed by atoms with E-state index >= 15 is 0 Å². The summed E-state index contributed by atoms with van der Waals surface area (Å²) < 4.78 is 40.4. The van der Waals surface area contributed by atoms with Gasteiger partial charge in [0.2, 0.25) is 5.91 Å². The molecule has 4 nitrogen and oxygen atoms in total. The molecule has 6 rings (SSSR count). The normalized spacial score (nSPS) is 32.4. The number of halogens is 3. The predicted molar refractivity (Wildman–Crippen MR) is 109 cm³/mol. The first-order valence-corrected chi connectivity index (χ1v) is 11.5. The first-order chi connectivity index (χ1) is 14.8. The van der Waals surface area contributed by atoms with Gasteiger partial charge in [0.05, 0.1) is 5.56 Å². The van der Waals surface area contributed by atoms with Crippen LogP contribution in [0.25, 0.3) is 0 Å². The van der Waals surface area contributed by atoms with Gasteiger partial charge in [-0.1, -0.05) is 0 Å². The molecule has 168 valence electrons. The van der Waals surface area contributed by atoms with Crippen molar-refractivity contribution in [1.82, 2.24) is 10.2 Å². The molecule has 5 aliphatic rings. The average molecular weight is 435 g/mol. The summed E-state index contributed by atoms with van der Waals surface area (Å²) in [6, 6.07) is 1.48. The summed E-state index contributed by atoms with van der Waals surface area (Å²) in [7, 11) is 0. The zero-order valence-electron chi connectivity index (χ0n) is 17.6. The van der Waals surface area contributed by atoms with Crippen LogP contribution in [0, 0.1) is 40.6 Å². The standard InChI is InChI=1S/C24H29F3N2O2/c25-19-2-1-18(21(26)22(19)27)23(31)28-17-3-5-29(6-4-17)20(30)13-24-10-14-7-15(11-24)9-16(8-14)12-24/h1-2,14-17H,3-13H2,(H,28,31). The lowest BCUT2D eigenvalue weighted by Gasteiger charge is -2.57. The quantitative estimate of drug-likeness (QED) is 0.713. The first kappa shape index (κ1) is 20.8. The van der Waals surface area contributed by atoms with Gasteiger partial charge in [-0.05, 0) is 86.7 Å². The Kier molecular flexibility index (Phi) is 5.25. The lowest BCUT2D eigenvalue weighted by atomic mass is 9.49. The fraction of sp³-hybridized carbons (Fsp3) is 0.667. The van der Waals surface area contributed by atoms with Crippen molar-refractivity contribution in [3.05, 3.63) is 35.1 Å². The molecule has 1 saturated heterocycles. The van der Waals surface area contributed by atoms with Gasteiger partial charge in [-0.25, -0.2) is 13.2 Å². The van der Waals surface area contributed by atoms with Crippen molar-refractivity contribution in [2.75, 3.05) is 13.1 Å². The second-order valence-corrected chi connectivity index (χ2v) is 10.4. The molecule has 4 aliphatic carbocycles. The Balaban J connectivity index is 1.14. The molecular formula is C24H29F3N2O2. The van der Waals surface area contributed by atoms with Crippen molar-refractivity contribution < 1.29 is 22.8 Å². The maximum Gasteiger partial charge on any atom is 0.254 e. The summed E-state index contributed by atoms with van der Waals surface area (Å²) in [6.07, 6.45) is 9.48. The fourth-order valence-corrected chi connectivity index (χ4v) is 7.18. The molecule has 0 radical (unpaired) electrons. The molecule has 0 atom stereocenters. The van der Waals surface area contributed by atoms with Crippen molar-refractivity contribution in [2.45, 2.75) is 63.8 Å². The molecule has 0 spiro atoms. The third-order valence-electron chi connectivity index (χ3n) is 8.15. The predicted octanol–water partition coefficient (Wildman–Crippen LogP) is 4.43. The lowest BCUT2D eigenvalue weighted by molar-refractivity contribution is -0.140. The van der Waals surface area contributed by atoms with Gasteiger partial charge in [-0.2, -0.15) is 0 Å². The summed E-state index contributed by atoms with van der Waals surface area (Å²) >= 11 is 0. The Bertz CT molecular complexity index is 860. The van der Waals surface area contributed by atoms with Crippen LogP contribution in [0.4, 0.5) is 13.2 Å². The number of amides is 2. The number of piperidine rings is 1. The molecule has 2 amide bonds. The number of hydrogen-bond acceptors (Lipinski definition) is 2. The van der Waals surface area contributed by atoms with E-state index in [1.165, 1.54) is 38.5 Å². The van der Waals surface area contributed by atoms with E-state index in [2.05, 4.69) is 5.32 Å². The van der Waals surface area contributed by atoms with Crippen LogP contribution in [-0.4, -0.2) is 35.8 Å². The minimum absolute atomic E-state index is 0.209. The van der Waals surface area contributed by atoms with Gasteiger partial charge in [0.15, 0.2) is 17.5 Å².